The van der Waals surface area contributed by atoms with E-state index >= 15 is 0 Å². The maximum absolute atomic E-state index is 12.4. The summed E-state index contributed by atoms with van der Waals surface area (Å²) in [6.45, 7) is 10.9. The van der Waals surface area contributed by atoms with Crippen molar-refractivity contribution >= 4 is 5.97 Å². The second-order valence-corrected chi connectivity index (χ2v) is 8.34. The minimum Gasteiger partial charge on any atom is -0.453 e. The zero-order valence-electron chi connectivity index (χ0n) is 15.8. The fourth-order valence-corrected chi connectivity index (χ4v) is 3.74. The molecule has 2 bridgehead atoms. The molecule has 1 heterocycles. The number of carbonyl (C=O) groups is 1. The van der Waals surface area contributed by atoms with Gasteiger partial charge in [0, 0.05) is 5.57 Å². The highest BCUT2D eigenvalue weighted by Crippen LogP contribution is 2.38. The molecule has 1 aliphatic carbocycles. The maximum Gasteiger partial charge on any atom is 0.334 e. The van der Waals surface area contributed by atoms with Crippen molar-refractivity contribution < 1.29 is 30.0 Å². The molecule has 1 saturated carbocycles. The predicted molar refractivity (Wildman–Crippen MR) is 97.2 cm³/mol. The van der Waals surface area contributed by atoms with Crippen LogP contribution in [0, 0.1) is 5.92 Å². The molecule has 0 aromatic carbocycles. The van der Waals surface area contributed by atoms with Crippen molar-refractivity contribution in [3.63, 3.8) is 0 Å². The van der Waals surface area contributed by atoms with Crippen molar-refractivity contribution in [3.05, 3.63) is 24.3 Å². The van der Waals surface area contributed by atoms with E-state index in [2.05, 4.69) is 13.2 Å². The normalized spacial score (nSPS) is 43.5. The highest BCUT2D eigenvalue weighted by atomic mass is 16.6. The predicted octanol–water partition coefficient (Wildman–Crippen LogP) is 1.61. The summed E-state index contributed by atoms with van der Waals surface area (Å²) in [6.07, 6.45) is -0.524. The molecule has 6 atom stereocenters. The number of carbonyl (C=O) groups excluding carboxylic acids is 1. The quantitative estimate of drug-likeness (QED) is 0.294. The lowest BCUT2D eigenvalue weighted by Gasteiger charge is -2.34. The molecular weight excluding hydrogens is 336 g/mol. The number of hydrogen-bond donors (Lipinski definition) is 4. The van der Waals surface area contributed by atoms with E-state index in [9.17, 15) is 25.2 Å². The van der Waals surface area contributed by atoms with Crippen molar-refractivity contribution in [2.24, 2.45) is 5.92 Å². The van der Waals surface area contributed by atoms with Gasteiger partial charge in [0.15, 0.2) is 0 Å². The van der Waals surface area contributed by atoms with Crippen LogP contribution in [0.15, 0.2) is 24.3 Å². The summed E-state index contributed by atoms with van der Waals surface area (Å²) in [4.78, 5) is 12.4. The molecule has 0 spiro atoms. The smallest absolute Gasteiger partial charge is 0.334 e. The number of ether oxygens (including phenoxy) is 1. The van der Waals surface area contributed by atoms with Gasteiger partial charge in [0.2, 0.25) is 0 Å². The van der Waals surface area contributed by atoms with Gasteiger partial charge in [0.05, 0.1) is 23.9 Å². The third kappa shape index (κ3) is 4.55. The molecular formula is C20H32O6. The van der Waals surface area contributed by atoms with E-state index in [1.165, 1.54) is 6.92 Å². The molecule has 0 radical (unpaired) electrons. The van der Waals surface area contributed by atoms with E-state index in [0.29, 0.717) is 31.3 Å². The maximum atomic E-state index is 12.4. The molecule has 2 aliphatic rings. The first-order valence-corrected chi connectivity index (χ1v) is 9.32. The average molecular weight is 368 g/mol. The van der Waals surface area contributed by atoms with Gasteiger partial charge in [0.25, 0.3) is 0 Å². The van der Waals surface area contributed by atoms with Crippen molar-refractivity contribution in [1.29, 1.82) is 0 Å². The van der Waals surface area contributed by atoms with Gasteiger partial charge >= 0.3 is 5.97 Å². The molecule has 1 saturated heterocycles. The summed E-state index contributed by atoms with van der Waals surface area (Å²) in [5.41, 5.74) is -1.64. The molecule has 148 valence electrons. The SMILES string of the molecule is C=C1C(=O)O[C@]2(C)CC[C@@H]1C[C@H](O)[C@](C)(O)CC[C@H](O)C(=C)CC[C@@H]2O. The Morgan fingerprint density at radius 3 is 2.35 bits per heavy atom. The second kappa shape index (κ2) is 7.80. The molecule has 0 unspecified atom stereocenters. The summed E-state index contributed by atoms with van der Waals surface area (Å²) in [5.74, 6) is -0.907. The van der Waals surface area contributed by atoms with Gasteiger partial charge in [-0.3, -0.25) is 0 Å². The van der Waals surface area contributed by atoms with Crippen LogP contribution in [-0.4, -0.2) is 55.9 Å². The lowest BCUT2D eigenvalue weighted by atomic mass is 9.79. The Balaban J connectivity index is 2.33. The monoisotopic (exact) mass is 368 g/mol. The van der Waals surface area contributed by atoms with Crippen molar-refractivity contribution in [1.82, 2.24) is 0 Å². The van der Waals surface area contributed by atoms with Crippen LogP contribution in [0.1, 0.15) is 58.8 Å². The molecule has 2 fully saturated rings. The molecule has 1 aliphatic heterocycles. The van der Waals surface area contributed by atoms with Crippen LogP contribution in [-0.2, 0) is 9.53 Å². The fraction of sp³-hybridized carbons (Fsp3) is 0.750. The van der Waals surface area contributed by atoms with Gasteiger partial charge in [-0.1, -0.05) is 13.2 Å². The van der Waals surface area contributed by atoms with Crippen LogP contribution in [0.25, 0.3) is 0 Å². The Morgan fingerprint density at radius 1 is 1.04 bits per heavy atom. The number of aliphatic hydroxyl groups excluding tert-OH is 3. The molecule has 4 N–H and O–H groups in total. The Morgan fingerprint density at radius 2 is 1.69 bits per heavy atom. The van der Waals surface area contributed by atoms with Crippen LogP contribution in [0.2, 0.25) is 0 Å². The summed E-state index contributed by atoms with van der Waals surface area (Å²) in [5, 5.41) is 42.0. The average Bonchev–Trinajstić information content (AvgIpc) is 2.68. The third-order valence-corrected chi connectivity index (χ3v) is 6.13. The Bertz CT molecular complexity index is 569. The largest absolute Gasteiger partial charge is 0.453 e. The zero-order chi connectivity index (χ0) is 19.7. The van der Waals surface area contributed by atoms with Gasteiger partial charge in [-0.15, -0.1) is 0 Å². The Hall–Kier alpha value is -1.21. The van der Waals surface area contributed by atoms with E-state index in [1.807, 2.05) is 0 Å². The molecule has 0 aromatic heterocycles. The zero-order valence-corrected chi connectivity index (χ0v) is 15.8. The summed E-state index contributed by atoms with van der Waals surface area (Å²) >= 11 is 0. The summed E-state index contributed by atoms with van der Waals surface area (Å²) in [6, 6.07) is 0. The number of esters is 1. The van der Waals surface area contributed by atoms with Crippen LogP contribution in [0.5, 0.6) is 0 Å². The number of aliphatic hydroxyl groups is 4. The van der Waals surface area contributed by atoms with Gasteiger partial charge in [-0.05, 0) is 70.3 Å². The number of hydrogen-bond acceptors (Lipinski definition) is 6. The highest BCUT2D eigenvalue weighted by molar-refractivity contribution is 5.89. The lowest BCUT2D eigenvalue weighted by Crippen LogP contribution is -2.43. The van der Waals surface area contributed by atoms with Crippen LogP contribution >= 0.6 is 0 Å². The van der Waals surface area contributed by atoms with Crippen LogP contribution in [0.3, 0.4) is 0 Å². The third-order valence-electron chi connectivity index (χ3n) is 6.13. The standard InChI is InChI=1S/C20H32O6/c1-12-5-6-16(22)20(4)10-7-14(13(2)18(24)26-20)11-17(23)19(3,25)9-8-15(12)21/h14-17,21-23,25H,1-2,5-11H2,3-4H3/t14-,15+,16+,17+,19-,20-/m1/s1. The molecule has 0 aromatic rings. The summed E-state index contributed by atoms with van der Waals surface area (Å²) in [7, 11) is 0. The van der Waals surface area contributed by atoms with Gasteiger partial charge in [-0.2, -0.15) is 0 Å². The van der Waals surface area contributed by atoms with E-state index in [0.717, 1.165) is 0 Å². The molecule has 6 heteroatoms. The lowest BCUT2D eigenvalue weighted by molar-refractivity contribution is -0.165. The minimum absolute atomic E-state index is 0.171. The van der Waals surface area contributed by atoms with Crippen molar-refractivity contribution in [2.75, 3.05) is 0 Å². The van der Waals surface area contributed by atoms with E-state index < -0.39 is 35.5 Å². The van der Waals surface area contributed by atoms with E-state index in [1.54, 1.807) is 6.92 Å². The highest BCUT2D eigenvalue weighted by Gasteiger charge is 2.43. The van der Waals surface area contributed by atoms with Gasteiger partial charge < -0.3 is 25.2 Å². The Labute approximate surface area is 155 Å². The number of fused-ring (bicyclic) bond motifs is 3. The molecule has 6 nitrogen and oxygen atoms in total. The molecule has 0 amide bonds. The van der Waals surface area contributed by atoms with Crippen LogP contribution < -0.4 is 0 Å². The first-order valence-electron chi connectivity index (χ1n) is 9.32. The van der Waals surface area contributed by atoms with E-state index in [4.69, 9.17) is 4.74 Å². The second-order valence-electron chi connectivity index (χ2n) is 8.34. The van der Waals surface area contributed by atoms with E-state index in [-0.39, 0.29) is 30.8 Å². The van der Waals surface area contributed by atoms with Gasteiger partial charge in [0.1, 0.15) is 5.60 Å². The first-order chi connectivity index (χ1) is 12.0. The Kier molecular flexibility index (Phi) is 6.33. The van der Waals surface area contributed by atoms with Crippen LogP contribution in [0.4, 0.5) is 0 Å². The summed E-state index contributed by atoms with van der Waals surface area (Å²) < 4.78 is 5.55. The molecule has 2 rings (SSSR count). The van der Waals surface area contributed by atoms with Gasteiger partial charge in [-0.25, -0.2) is 4.79 Å². The minimum atomic E-state index is -1.40. The van der Waals surface area contributed by atoms with Crippen molar-refractivity contribution in [2.45, 2.75) is 88.3 Å². The number of rotatable bonds is 0. The van der Waals surface area contributed by atoms with Crippen molar-refractivity contribution in [3.8, 4) is 0 Å². The first kappa shape index (κ1) is 21.1. The topological polar surface area (TPSA) is 107 Å². The molecule has 26 heavy (non-hydrogen) atoms. The fourth-order valence-electron chi connectivity index (χ4n) is 3.74.